The molecule has 1 saturated heterocycles. The Balaban J connectivity index is 1.33. The standard InChI is InChI=1S/C20H21FN4S/c21-9-16-2-1-5-25(16)17-6-14(7-17)20-24-18-4-3-13(8-19(18)26-20)15-10-22-12-23-11-15/h3-4,8,10-12,14,16-17H,1-2,5-7,9H2/t14-,16-,17-/m0/s1. The topological polar surface area (TPSA) is 41.9 Å². The molecule has 2 aliphatic rings. The number of hydrogen-bond donors (Lipinski definition) is 0. The van der Waals surface area contributed by atoms with E-state index in [2.05, 4.69) is 33.1 Å². The first-order chi connectivity index (χ1) is 12.8. The van der Waals surface area contributed by atoms with Crippen LogP contribution in [0.25, 0.3) is 21.3 Å². The van der Waals surface area contributed by atoms with E-state index in [1.807, 2.05) is 12.4 Å². The smallest absolute Gasteiger partial charge is 0.115 e. The number of aromatic nitrogens is 3. The summed E-state index contributed by atoms with van der Waals surface area (Å²) < 4.78 is 14.4. The van der Waals surface area contributed by atoms with Crippen molar-refractivity contribution in [1.82, 2.24) is 19.9 Å². The zero-order valence-corrected chi connectivity index (χ0v) is 15.3. The summed E-state index contributed by atoms with van der Waals surface area (Å²) in [5.74, 6) is 0.529. The Hall–Kier alpha value is -1.92. The second-order valence-electron chi connectivity index (χ2n) is 7.37. The molecule has 0 unspecified atom stereocenters. The van der Waals surface area contributed by atoms with E-state index in [1.54, 1.807) is 17.7 Å². The Morgan fingerprint density at radius 2 is 2.00 bits per heavy atom. The van der Waals surface area contributed by atoms with Gasteiger partial charge in [-0.25, -0.2) is 19.3 Å². The van der Waals surface area contributed by atoms with Crippen molar-refractivity contribution in [3.05, 3.63) is 41.9 Å². The fourth-order valence-electron chi connectivity index (χ4n) is 4.31. The van der Waals surface area contributed by atoms with Gasteiger partial charge in [0.05, 0.1) is 15.2 Å². The van der Waals surface area contributed by atoms with Gasteiger partial charge in [0.1, 0.15) is 13.0 Å². The molecule has 4 nitrogen and oxygen atoms in total. The minimum atomic E-state index is -0.200. The summed E-state index contributed by atoms with van der Waals surface area (Å²) in [6, 6.07) is 7.07. The first kappa shape index (κ1) is 16.3. The minimum absolute atomic E-state index is 0.159. The number of benzene rings is 1. The van der Waals surface area contributed by atoms with Gasteiger partial charge in [-0.1, -0.05) is 6.07 Å². The van der Waals surface area contributed by atoms with Gasteiger partial charge in [0, 0.05) is 36.0 Å². The van der Waals surface area contributed by atoms with Crippen LogP contribution in [0.2, 0.25) is 0 Å². The van der Waals surface area contributed by atoms with Crippen LogP contribution in [0, 0.1) is 0 Å². The molecule has 2 aromatic heterocycles. The first-order valence-corrected chi connectivity index (χ1v) is 10.1. The van der Waals surface area contributed by atoms with Gasteiger partial charge in [0.15, 0.2) is 0 Å². The highest BCUT2D eigenvalue weighted by atomic mass is 32.1. The molecule has 5 rings (SSSR count). The molecule has 1 aliphatic heterocycles. The highest BCUT2D eigenvalue weighted by molar-refractivity contribution is 7.18. The second kappa shape index (κ2) is 6.67. The second-order valence-corrected chi connectivity index (χ2v) is 8.43. The molecule has 26 heavy (non-hydrogen) atoms. The van der Waals surface area contributed by atoms with Gasteiger partial charge in [-0.2, -0.15) is 0 Å². The first-order valence-electron chi connectivity index (χ1n) is 9.29. The maximum atomic E-state index is 13.1. The molecule has 1 aromatic carbocycles. The molecule has 1 atom stereocenters. The molecule has 1 saturated carbocycles. The molecule has 1 aliphatic carbocycles. The predicted octanol–water partition coefficient (Wildman–Crippen LogP) is 4.43. The third-order valence-corrected chi connectivity index (χ3v) is 7.01. The zero-order chi connectivity index (χ0) is 17.5. The molecule has 0 bridgehead atoms. The van der Waals surface area contributed by atoms with Crippen LogP contribution in [-0.4, -0.2) is 45.2 Å². The summed E-state index contributed by atoms with van der Waals surface area (Å²) in [4.78, 5) is 15.5. The minimum Gasteiger partial charge on any atom is -0.295 e. The highest BCUT2D eigenvalue weighted by Crippen LogP contribution is 2.44. The fourth-order valence-corrected chi connectivity index (χ4v) is 5.44. The predicted molar refractivity (Wildman–Crippen MR) is 102 cm³/mol. The van der Waals surface area contributed by atoms with Crippen LogP contribution in [0.15, 0.2) is 36.9 Å². The summed E-state index contributed by atoms with van der Waals surface area (Å²) in [6.07, 6.45) is 9.63. The summed E-state index contributed by atoms with van der Waals surface area (Å²) in [6.45, 7) is 0.864. The lowest BCUT2D eigenvalue weighted by atomic mass is 9.79. The maximum absolute atomic E-state index is 13.1. The quantitative estimate of drug-likeness (QED) is 0.683. The molecule has 0 amide bonds. The third kappa shape index (κ3) is 2.81. The van der Waals surface area contributed by atoms with E-state index in [9.17, 15) is 4.39 Å². The monoisotopic (exact) mass is 368 g/mol. The average molecular weight is 368 g/mol. The van der Waals surface area contributed by atoms with Crippen molar-refractivity contribution in [1.29, 1.82) is 0 Å². The van der Waals surface area contributed by atoms with E-state index < -0.39 is 0 Å². The van der Waals surface area contributed by atoms with Crippen molar-refractivity contribution in [3.8, 4) is 11.1 Å². The zero-order valence-electron chi connectivity index (χ0n) is 14.5. The maximum Gasteiger partial charge on any atom is 0.115 e. The van der Waals surface area contributed by atoms with Crippen molar-refractivity contribution in [3.63, 3.8) is 0 Å². The Morgan fingerprint density at radius 3 is 2.81 bits per heavy atom. The molecule has 3 heterocycles. The van der Waals surface area contributed by atoms with Gasteiger partial charge in [-0.3, -0.25) is 4.90 Å². The Kier molecular flexibility index (Phi) is 4.17. The number of fused-ring (bicyclic) bond motifs is 1. The average Bonchev–Trinajstić information content (AvgIpc) is 3.27. The number of alkyl halides is 1. The Labute approximate surface area is 156 Å². The molecule has 0 spiro atoms. The van der Waals surface area contributed by atoms with Gasteiger partial charge in [0.2, 0.25) is 0 Å². The van der Waals surface area contributed by atoms with Crippen molar-refractivity contribution < 1.29 is 4.39 Å². The van der Waals surface area contributed by atoms with Crippen LogP contribution in [0.5, 0.6) is 0 Å². The van der Waals surface area contributed by atoms with Gasteiger partial charge < -0.3 is 0 Å². The number of thiazole rings is 1. The summed E-state index contributed by atoms with van der Waals surface area (Å²) in [5.41, 5.74) is 3.22. The third-order valence-electron chi connectivity index (χ3n) is 5.83. The van der Waals surface area contributed by atoms with E-state index in [4.69, 9.17) is 4.98 Å². The van der Waals surface area contributed by atoms with E-state index in [1.165, 1.54) is 9.71 Å². The SMILES string of the molecule is FC[C@@H]1CCCN1[C@H]1C[C@H](c2nc3ccc(-c4cncnc4)cc3s2)C1. The molecular weight excluding hydrogens is 347 g/mol. The molecule has 0 N–H and O–H groups in total. The largest absolute Gasteiger partial charge is 0.295 e. The van der Waals surface area contributed by atoms with Crippen LogP contribution >= 0.6 is 11.3 Å². The van der Waals surface area contributed by atoms with Crippen LogP contribution in [0.4, 0.5) is 4.39 Å². The molecule has 0 radical (unpaired) electrons. The number of likely N-dealkylation sites (tertiary alicyclic amines) is 1. The summed E-state index contributed by atoms with van der Waals surface area (Å²) in [7, 11) is 0. The molecule has 2 fully saturated rings. The van der Waals surface area contributed by atoms with E-state index >= 15 is 0 Å². The molecule has 3 aromatic rings. The van der Waals surface area contributed by atoms with Crippen LogP contribution in [0.1, 0.15) is 36.6 Å². The summed E-state index contributed by atoms with van der Waals surface area (Å²) >= 11 is 1.80. The fraction of sp³-hybridized carbons (Fsp3) is 0.450. The van der Waals surface area contributed by atoms with Gasteiger partial charge in [0.25, 0.3) is 0 Å². The van der Waals surface area contributed by atoms with E-state index in [0.29, 0.717) is 12.0 Å². The van der Waals surface area contributed by atoms with Gasteiger partial charge in [-0.15, -0.1) is 11.3 Å². The van der Waals surface area contributed by atoms with Crippen molar-refractivity contribution in [2.75, 3.05) is 13.2 Å². The van der Waals surface area contributed by atoms with Crippen molar-refractivity contribution in [2.45, 2.75) is 43.7 Å². The van der Waals surface area contributed by atoms with Gasteiger partial charge in [-0.05, 0) is 49.9 Å². The summed E-state index contributed by atoms with van der Waals surface area (Å²) in [5, 5.41) is 1.23. The van der Waals surface area contributed by atoms with Crippen LogP contribution in [-0.2, 0) is 0 Å². The number of nitrogens with zero attached hydrogens (tertiary/aromatic N) is 4. The number of halogens is 1. The molecule has 6 heteroatoms. The Morgan fingerprint density at radius 1 is 1.15 bits per heavy atom. The van der Waals surface area contributed by atoms with Crippen molar-refractivity contribution in [2.24, 2.45) is 0 Å². The Bertz CT molecular complexity index is 907. The lowest BCUT2D eigenvalue weighted by Gasteiger charge is -2.42. The van der Waals surface area contributed by atoms with Crippen molar-refractivity contribution >= 4 is 21.6 Å². The van der Waals surface area contributed by atoms with E-state index in [-0.39, 0.29) is 12.7 Å². The van der Waals surface area contributed by atoms with Crippen LogP contribution in [0.3, 0.4) is 0 Å². The molecular formula is C20H21FN4S. The van der Waals surface area contributed by atoms with Gasteiger partial charge >= 0.3 is 0 Å². The lowest BCUT2D eigenvalue weighted by Crippen LogP contribution is -2.46. The molecule has 134 valence electrons. The lowest BCUT2D eigenvalue weighted by molar-refractivity contribution is 0.0845. The van der Waals surface area contributed by atoms with E-state index in [0.717, 1.165) is 48.9 Å². The highest BCUT2D eigenvalue weighted by Gasteiger charge is 2.40. The number of hydrogen-bond acceptors (Lipinski definition) is 5. The van der Waals surface area contributed by atoms with Crippen LogP contribution < -0.4 is 0 Å². The number of rotatable bonds is 4. The normalized spacial score (nSPS) is 26.3.